The third kappa shape index (κ3) is 3.83. The van der Waals surface area contributed by atoms with Gasteiger partial charge in [-0.1, -0.05) is 28.1 Å². The zero-order valence-electron chi connectivity index (χ0n) is 11.6. The summed E-state index contributed by atoms with van der Waals surface area (Å²) in [4.78, 5) is 14.2. The molecular formula is C16H21BrN2O. The van der Waals surface area contributed by atoms with E-state index in [0.29, 0.717) is 12.0 Å². The second-order valence-corrected chi connectivity index (χ2v) is 6.88. The van der Waals surface area contributed by atoms with Gasteiger partial charge in [0.1, 0.15) is 0 Å². The van der Waals surface area contributed by atoms with E-state index >= 15 is 0 Å². The Morgan fingerprint density at radius 2 is 2.00 bits per heavy atom. The Kier molecular flexibility index (Phi) is 4.41. The van der Waals surface area contributed by atoms with Gasteiger partial charge in [0, 0.05) is 36.1 Å². The Hall–Kier alpha value is -0.870. The number of halogens is 1. The van der Waals surface area contributed by atoms with Crippen LogP contribution in [0.1, 0.15) is 31.2 Å². The van der Waals surface area contributed by atoms with Crippen molar-refractivity contribution < 1.29 is 4.79 Å². The Labute approximate surface area is 128 Å². The van der Waals surface area contributed by atoms with Gasteiger partial charge in [0.15, 0.2) is 0 Å². The van der Waals surface area contributed by atoms with E-state index < -0.39 is 0 Å². The molecule has 0 bridgehead atoms. The molecule has 2 aliphatic rings. The van der Waals surface area contributed by atoms with Gasteiger partial charge < -0.3 is 5.32 Å². The minimum Gasteiger partial charge on any atom is -0.353 e. The summed E-state index contributed by atoms with van der Waals surface area (Å²) in [6.07, 6.45) is 4.33. The van der Waals surface area contributed by atoms with Gasteiger partial charge in [-0.3, -0.25) is 9.69 Å². The van der Waals surface area contributed by atoms with Crippen LogP contribution in [0.3, 0.4) is 0 Å². The van der Waals surface area contributed by atoms with Crippen LogP contribution < -0.4 is 5.32 Å². The molecule has 108 valence electrons. The molecule has 1 amide bonds. The van der Waals surface area contributed by atoms with Crippen molar-refractivity contribution in [3.8, 4) is 0 Å². The number of benzene rings is 1. The van der Waals surface area contributed by atoms with Crippen molar-refractivity contribution in [2.45, 2.75) is 38.3 Å². The molecule has 2 fully saturated rings. The van der Waals surface area contributed by atoms with Crippen LogP contribution in [0.5, 0.6) is 0 Å². The second kappa shape index (κ2) is 6.27. The lowest BCUT2D eigenvalue weighted by molar-refractivity contribution is -0.123. The second-order valence-electron chi connectivity index (χ2n) is 5.96. The first-order valence-electron chi connectivity index (χ1n) is 7.48. The van der Waals surface area contributed by atoms with Gasteiger partial charge >= 0.3 is 0 Å². The minimum atomic E-state index is 0.287. The van der Waals surface area contributed by atoms with Crippen LogP contribution in [0.15, 0.2) is 28.7 Å². The smallest absolute Gasteiger partial charge is 0.223 e. The summed E-state index contributed by atoms with van der Waals surface area (Å²) < 4.78 is 1.14. The van der Waals surface area contributed by atoms with E-state index in [1.807, 2.05) is 0 Å². The summed E-state index contributed by atoms with van der Waals surface area (Å²) in [7, 11) is 0. The highest BCUT2D eigenvalue weighted by molar-refractivity contribution is 9.10. The maximum Gasteiger partial charge on any atom is 0.223 e. The quantitative estimate of drug-likeness (QED) is 0.916. The molecule has 1 aliphatic heterocycles. The lowest BCUT2D eigenvalue weighted by Crippen LogP contribution is -2.44. The highest BCUT2D eigenvalue weighted by atomic mass is 79.9. The van der Waals surface area contributed by atoms with E-state index in [1.165, 1.54) is 5.56 Å². The zero-order chi connectivity index (χ0) is 13.9. The third-order valence-corrected chi connectivity index (χ3v) is 4.67. The topological polar surface area (TPSA) is 32.3 Å². The summed E-state index contributed by atoms with van der Waals surface area (Å²) in [5.41, 5.74) is 1.35. The van der Waals surface area contributed by atoms with Crippen molar-refractivity contribution >= 4 is 21.8 Å². The van der Waals surface area contributed by atoms with Crippen molar-refractivity contribution in [3.05, 3.63) is 34.3 Å². The molecule has 3 rings (SSSR count). The molecule has 20 heavy (non-hydrogen) atoms. The average Bonchev–Trinajstić information content (AvgIpc) is 3.25. The number of piperidine rings is 1. The van der Waals surface area contributed by atoms with E-state index in [9.17, 15) is 4.79 Å². The highest BCUT2D eigenvalue weighted by Crippen LogP contribution is 2.29. The van der Waals surface area contributed by atoms with Gasteiger partial charge in [-0.15, -0.1) is 0 Å². The van der Waals surface area contributed by atoms with Gasteiger partial charge in [0.25, 0.3) is 0 Å². The molecule has 1 saturated heterocycles. The Bertz CT molecular complexity index is 479. The molecule has 1 aromatic rings. The fourth-order valence-corrected chi connectivity index (χ4v) is 3.24. The number of carbonyl (C=O) groups is 1. The van der Waals surface area contributed by atoms with E-state index in [0.717, 1.165) is 49.8 Å². The normalized spacial score (nSPS) is 20.9. The first kappa shape index (κ1) is 14.1. The van der Waals surface area contributed by atoms with Gasteiger partial charge in [-0.05, 0) is 43.4 Å². The van der Waals surface area contributed by atoms with E-state index in [4.69, 9.17) is 0 Å². The van der Waals surface area contributed by atoms with Crippen molar-refractivity contribution in [1.82, 2.24) is 10.2 Å². The molecule has 1 heterocycles. The van der Waals surface area contributed by atoms with Crippen LogP contribution in [0.2, 0.25) is 0 Å². The maximum absolute atomic E-state index is 11.8. The predicted octanol–water partition coefficient (Wildman–Crippen LogP) is 2.94. The molecular weight excluding hydrogens is 316 g/mol. The van der Waals surface area contributed by atoms with Crippen LogP contribution in [-0.4, -0.2) is 29.9 Å². The number of likely N-dealkylation sites (tertiary alicyclic amines) is 1. The summed E-state index contributed by atoms with van der Waals surface area (Å²) in [5, 5.41) is 3.20. The lowest BCUT2D eigenvalue weighted by Gasteiger charge is -2.32. The van der Waals surface area contributed by atoms with Crippen molar-refractivity contribution in [1.29, 1.82) is 0 Å². The number of hydrogen-bond donors (Lipinski definition) is 1. The van der Waals surface area contributed by atoms with Crippen LogP contribution >= 0.6 is 15.9 Å². The molecule has 0 spiro atoms. The Balaban J connectivity index is 1.45. The molecule has 0 radical (unpaired) electrons. The largest absolute Gasteiger partial charge is 0.353 e. The maximum atomic E-state index is 11.8. The molecule has 3 nitrogen and oxygen atoms in total. The number of nitrogens with one attached hydrogen (secondary N) is 1. The molecule has 1 aliphatic carbocycles. The van der Waals surface area contributed by atoms with Crippen molar-refractivity contribution in [3.63, 3.8) is 0 Å². The fraction of sp³-hybridized carbons (Fsp3) is 0.562. The van der Waals surface area contributed by atoms with E-state index in [1.54, 1.807) is 0 Å². The first-order chi connectivity index (χ1) is 9.70. The van der Waals surface area contributed by atoms with Crippen molar-refractivity contribution in [2.75, 3.05) is 13.1 Å². The zero-order valence-corrected chi connectivity index (χ0v) is 13.2. The van der Waals surface area contributed by atoms with Gasteiger partial charge in [-0.25, -0.2) is 0 Å². The van der Waals surface area contributed by atoms with Gasteiger partial charge in [0.05, 0.1) is 0 Å². The number of carbonyl (C=O) groups excluding carboxylic acids is 1. The molecule has 0 unspecified atom stereocenters. The SMILES string of the molecule is O=C(NC1CCN(Cc2cccc(Br)c2)CC1)C1CC1. The summed E-state index contributed by atoms with van der Waals surface area (Å²) in [6, 6.07) is 8.89. The first-order valence-corrected chi connectivity index (χ1v) is 8.27. The number of rotatable bonds is 4. The van der Waals surface area contributed by atoms with Crippen LogP contribution in [0.25, 0.3) is 0 Å². The summed E-state index contributed by atoms with van der Waals surface area (Å²) >= 11 is 3.52. The predicted molar refractivity (Wildman–Crippen MR) is 83.3 cm³/mol. The van der Waals surface area contributed by atoms with Crippen molar-refractivity contribution in [2.24, 2.45) is 5.92 Å². The monoisotopic (exact) mass is 336 g/mol. The summed E-state index contributed by atoms with van der Waals surface area (Å²) in [6.45, 7) is 3.15. The number of hydrogen-bond acceptors (Lipinski definition) is 2. The van der Waals surface area contributed by atoms with Crippen LogP contribution in [0, 0.1) is 5.92 Å². The van der Waals surface area contributed by atoms with E-state index in [-0.39, 0.29) is 5.91 Å². The fourth-order valence-electron chi connectivity index (χ4n) is 2.79. The third-order valence-electron chi connectivity index (χ3n) is 4.18. The van der Waals surface area contributed by atoms with E-state index in [2.05, 4.69) is 50.4 Å². The standard InChI is InChI=1S/C16H21BrN2O/c17-14-3-1-2-12(10-14)11-19-8-6-15(7-9-19)18-16(20)13-4-5-13/h1-3,10,13,15H,4-9,11H2,(H,18,20). The highest BCUT2D eigenvalue weighted by Gasteiger charge is 2.31. The average molecular weight is 337 g/mol. The molecule has 1 aromatic carbocycles. The van der Waals surface area contributed by atoms with Crippen LogP contribution in [-0.2, 0) is 11.3 Å². The molecule has 4 heteroatoms. The van der Waals surface area contributed by atoms with Gasteiger partial charge in [0.2, 0.25) is 5.91 Å². The minimum absolute atomic E-state index is 0.287. The molecule has 0 atom stereocenters. The van der Waals surface area contributed by atoms with Gasteiger partial charge in [-0.2, -0.15) is 0 Å². The Morgan fingerprint density at radius 1 is 1.25 bits per heavy atom. The van der Waals surface area contributed by atoms with Crippen LogP contribution in [0.4, 0.5) is 0 Å². The number of nitrogens with zero attached hydrogens (tertiary/aromatic N) is 1. The Morgan fingerprint density at radius 3 is 2.65 bits per heavy atom. The summed E-state index contributed by atoms with van der Waals surface area (Å²) in [5.74, 6) is 0.616. The number of amides is 1. The molecule has 1 N–H and O–H groups in total. The molecule has 0 aromatic heterocycles. The molecule has 1 saturated carbocycles. The lowest BCUT2D eigenvalue weighted by atomic mass is 10.0.